The van der Waals surface area contributed by atoms with Crippen LogP contribution in [0.25, 0.3) is 10.9 Å². The van der Waals surface area contributed by atoms with E-state index in [0.717, 1.165) is 4.68 Å². The predicted octanol–water partition coefficient (Wildman–Crippen LogP) is -0.407. The van der Waals surface area contributed by atoms with Crippen LogP contribution in [-0.2, 0) is 0 Å². The van der Waals surface area contributed by atoms with Crippen molar-refractivity contribution in [1.82, 2.24) is 24.5 Å². The quantitative estimate of drug-likeness (QED) is 0.614. The molecule has 1 aromatic carbocycles. The number of hydrogen-bond acceptors (Lipinski definition) is 4. The van der Waals surface area contributed by atoms with E-state index in [4.69, 9.17) is 0 Å². The summed E-state index contributed by atoms with van der Waals surface area (Å²) in [6.45, 7) is 0. The number of hydrogen-bond donors (Lipinski definition) is 1. The number of rotatable bonds is 1. The normalized spacial score (nSPS) is 10.8. The van der Waals surface area contributed by atoms with Crippen LogP contribution < -0.4 is 11.2 Å². The number of aromatic nitrogens is 5. The van der Waals surface area contributed by atoms with Crippen molar-refractivity contribution in [2.45, 2.75) is 0 Å². The molecule has 0 radical (unpaired) electrons. The van der Waals surface area contributed by atoms with Gasteiger partial charge in [0.1, 0.15) is 12.7 Å². The van der Waals surface area contributed by atoms with Crippen LogP contribution in [0.5, 0.6) is 0 Å². The minimum atomic E-state index is -0.534. The van der Waals surface area contributed by atoms with E-state index in [1.54, 1.807) is 24.3 Å². The molecule has 0 aliphatic carbocycles. The zero-order valence-corrected chi connectivity index (χ0v) is 8.57. The summed E-state index contributed by atoms with van der Waals surface area (Å²) in [5.74, 6) is 0. The molecular weight excluding hydrogens is 222 g/mol. The molecule has 0 aliphatic heterocycles. The van der Waals surface area contributed by atoms with Gasteiger partial charge in [0, 0.05) is 0 Å². The molecule has 0 aliphatic rings. The van der Waals surface area contributed by atoms with Crippen molar-refractivity contribution >= 4 is 10.9 Å². The number of nitrogens with zero attached hydrogens (tertiary/aromatic N) is 4. The average molecular weight is 229 g/mol. The summed E-state index contributed by atoms with van der Waals surface area (Å²) in [5, 5.41) is 7.55. The van der Waals surface area contributed by atoms with Gasteiger partial charge in [0.2, 0.25) is 0 Å². The molecule has 17 heavy (non-hydrogen) atoms. The van der Waals surface area contributed by atoms with Crippen LogP contribution in [-0.4, -0.2) is 24.5 Å². The number of fused-ring (bicyclic) bond motifs is 1. The maximum atomic E-state index is 12.1. The first-order valence-electron chi connectivity index (χ1n) is 4.87. The molecule has 0 saturated carbocycles. The molecule has 2 aromatic heterocycles. The maximum absolute atomic E-state index is 12.1. The zero-order valence-electron chi connectivity index (χ0n) is 8.57. The summed E-state index contributed by atoms with van der Waals surface area (Å²) in [4.78, 5) is 26.5. The lowest BCUT2D eigenvalue weighted by Crippen LogP contribution is -2.38. The van der Waals surface area contributed by atoms with Crippen molar-refractivity contribution in [2.24, 2.45) is 0 Å². The highest BCUT2D eigenvalue weighted by Gasteiger charge is 2.07. The van der Waals surface area contributed by atoms with Gasteiger partial charge in [-0.3, -0.25) is 4.79 Å². The predicted molar refractivity (Wildman–Crippen MR) is 59.6 cm³/mol. The van der Waals surface area contributed by atoms with Crippen molar-refractivity contribution < 1.29 is 0 Å². The van der Waals surface area contributed by atoms with Crippen LogP contribution in [0.3, 0.4) is 0 Å². The minimum Gasteiger partial charge on any atom is -0.305 e. The topological polar surface area (TPSA) is 85.6 Å². The summed E-state index contributed by atoms with van der Waals surface area (Å²) in [7, 11) is 0. The van der Waals surface area contributed by atoms with Crippen molar-refractivity contribution in [3.05, 3.63) is 57.8 Å². The van der Waals surface area contributed by atoms with Gasteiger partial charge in [0.25, 0.3) is 5.56 Å². The summed E-state index contributed by atoms with van der Waals surface area (Å²) < 4.78 is 2.16. The molecule has 84 valence electrons. The van der Waals surface area contributed by atoms with Gasteiger partial charge in [-0.1, -0.05) is 12.1 Å². The van der Waals surface area contributed by atoms with Gasteiger partial charge in [-0.05, 0) is 12.1 Å². The Balaban J connectivity index is 2.49. The molecule has 0 fully saturated rings. The molecule has 0 saturated heterocycles. The van der Waals surface area contributed by atoms with E-state index in [2.05, 4.69) is 15.2 Å². The van der Waals surface area contributed by atoms with E-state index in [0.29, 0.717) is 10.9 Å². The number of aromatic amines is 1. The molecule has 1 N–H and O–H groups in total. The van der Waals surface area contributed by atoms with Crippen LogP contribution in [0.15, 0.2) is 46.5 Å². The molecule has 7 nitrogen and oxygen atoms in total. The molecule has 0 atom stereocenters. The highest BCUT2D eigenvalue weighted by molar-refractivity contribution is 5.76. The lowest BCUT2D eigenvalue weighted by atomic mass is 10.2. The molecular formula is C10H7N5O2. The standard InChI is InChI=1S/C10H7N5O2/c16-9-7-3-1-2-4-8(7)13-10(17)15(9)14-5-11-12-6-14/h1-6H,(H,13,17). The summed E-state index contributed by atoms with van der Waals surface area (Å²) in [6.07, 6.45) is 2.57. The lowest BCUT2D eigenvalue weighted by Gasteiger charge is -2.04. The Hall–Kier alpha value is -2.70. The fourth-order valence-corrected chi connectivity index (χ4v) is 1.66. The van der Waals surface area contributed by atoms with Crippen LogP contribution >= 0.6 is 0 Å². The van der Waals surface area contributed by atoms with E-state index in [1.807, 2.05) is 0 Å². The molecule has 3 aromatic rings. The molecule has 0 bridgehead atoms. The van der Waals surface area contributed by atoms with E-state index >= 15 is 0 Å². The summed E-state index contributed by atoms with van der Waals surface area (Å²) in [5.41, 5.74) is -0.440. The largest absolute Gasteiger partial charge is 0.348 e. The number of para-hydroxylation sites is 1. The second kappa shape index (κ2) is 3.41. The zero-order chi connectivity index (χ0) is 11.8. The average Bonchev–Trinajstić information content (AvgIpc) is 2.83. The summed E-state index contributed by atoms with van der Waals surface area (Å²) >= 11 is 0. The Morgan fingerprint density at radius 2 is 1.76 bits per heavy atom. The van der Waals surface area contributed by atoms with Crippen LogP contribution in [0.1, 0.15) is 0 Å². The van der Waals surface area contributed by atoms with E-state index < -0.39 is 11.2 Å². The fraction of sp³-hybridized carbons (Fsp3) is 0. The minimum absolute atomic E-state index is 0.413. The number of nitrogens with one attached hydrogen (secondary N) is 1. The maximum Gasteiger partial charge on any atom is 0.348 e. The van der Waals surface area contributed by atoms with E-state index in [9.17, 15) is 9.59 Å². The number of H-pyrrole nitrogens is 1. The van der Waals surface area contributed by atoms with Crippen LogP contribution in [0.4, 0.5) is 0 Å². The first kappa shape index (κ1) is 9.52. The molecule has 3 rings (SSSR count). The van der Waals surface area contributed by atoms with Crippen molar-refractivity contribution in [1.29, 1.82) is 0 Å². The monoisotopic (exact) mass is 229 g/mol. The lowest BCUT2D eigenvalue weighted by molar-refractivity contribution is 0.594. The first-order chi connectivity index (χ1) is 8.27. The molecule has 0 spiro atoms. The Bertz CT molecular complexity index is 784. The Morgan fingerprint density at radius 3 is 2.53 bits per heavy atom. The third-order valence-electron chi connectivity index (χ3n) is 2.42. The summed E-state index contributed by atoms with van der Waals surface area (Å²) in [6, 6.07) is 6.81. The van der Waals surface area contributed by atoms with Crippen molar-refractivity contribution in [3.63, 3.8) is 0 Å². The van der Waals surface area contributed by atoms with Gasteiger partial charge < -0.3 is 4.98 Å². The van der Waals surface area contributed by atoms with Gasteiger partial charge in [0.05, 0.1) is 10.9 Å². The third-order valence-corrected chi connectivity index (χ3v) is 2.42. The molecule has 0 amide bonds. The van der Waals surface area contributed by atoms with Gasteiger partial charge in [-0.2, -0.15) is 4.68 Å². The highest BCUT2D eigenvalue weighted by Crippen LogP contribution is 2.02. The Morgan fingerprint density at radius 1 is 1.06 bits per heavy atom. The SMILES string of the molecule is O=c1[nH]c2ccccc2c(=O)n1-n1cnnc1. The number of benzene rings is 1. The molecule has 7 heteroatoms. The molecule has 0 unspecified atom stereocenters. The van der Waals surface area contributed by atoms with Crippen LogP contribution in [0.2, 0.25) is 0 Å². The molecule has 2 heterocycles. The first-order valence-corrected chi connectivity index (χ1v) is 4.87. The fourth-order valence-electron chi connectivity index (χ4n) is 1.66. The van der Waals surface area contributed by atoms with Crippen molar-refractivity contribution in [3.8, 4) is 0 Å². The van der Waals surface area contributed by atoms with Gasteiger partial charge in [-0.15, -0.1) is 10.2 Å². The van der Waals surface area contributed by atoms with Gasteiger partial charge in [-0.25, -0.2) is 9.47 Å². The smallest absolute Gasteiger partial charge is 0.305 e. The van der Waals surface area contributed by atoms with Crippen LogP contribution in [0, 0.1) is 0 Å². The third kappa shape index (κ3) is 1.36. The van der Waals surface area contributed by atoms with Crippen molar-refractivity contribution in [2.75, 3.05) is 0 Å². The second-order valence-electron chi connectivity index (χ2n) is 3.43. The Labute approximate surface area is 93.9 Å². The second-order valence-corrected chi connectivity index (χ2v) is 3.43. The van der Waals surface area contributed by atoms with E-state index in [1.165, 1.54) is 17.3 Å². The highest BCUT2D eigenvalue weighted by atomic mass is 16.2. The van der Waals surface area contributed by atoms with Gasteiger partial charge in [0.15, 0.2) is 0 Å². The Kier molecular flexibility index (Phi) is 1.91. The van der Waals surface area contributed by atoms with Gasteiger partial charge >= 0.3 is 5.69 Å². The van der Waals surface area contributed by atoms with E-state index in [-0.39, 0.29) is 0 Å².